The number of hydrogen-bond acceptors (Lipinski definition) is 4. The zero-order chi connectivity index (χ0) is 11.6. The van der Waals surface area contributed by atoms with Crippen molar-refractivity contribution in [1.29, 1.82) is 0 Å². The lowest BCUT2D eigenvalue weighted by atomic mass is 10.2. The Morgan fingerprint density at radius 3 is 2.60 bits per heavy atom. The van der Waals surface area contributed by atoms with Crippen molar-refractivity contribution < 1.29 is 9.66 Å². The van der Waals surface area contributed by atoms with Crippen molar-refractivity contribution >= 4 is 27.3 Å². The Morgan fingerprint density at radius 2 is 2.13 bits per heavy atom. The molecule has 0 radical (unpaired) electrons. The molecule has 0 saturated carbocycles. The first kappa shape index (κ1) is 11.8. The third-order valence-corrected chi connectivity index (χ3v) is 2.26. The molecule has 15 heavy (non-hydrogen) atoms. The van der Waals surface area contributed by atoms with Gasteiger partial charge in [-0.2, -0.15) is 0 Å². The summed E-state index contributed by atoms with van der Waals surface area (Å²) in [6.07, 6.45) is -0.0119. The normalized spacial score (nSPS) is 10.4. The monoisotopic (exact) mass is 274 g/mol. The van der Waals surface area contributed by atoms with E-state index in [1.807, 2.05) is 13.8 Å². The van der Waals surface area contributed by atoms with Crippen LogP contribution in [0, 0.1) is 10.1 Å². The van der Waals surface area contributed by atoms with E-state index in [4.69, 9.17) is 10.5 Å². The van der Waals surface area contributed by atoms with E-state index >= 15 is 0 Å². The maximum Gasteiger partial charge on any atom is 0.293 e. The Hall–Kier alpha value is -1.30. The summed E-state index contributed by atoms with van der Waals surface area (Å²) >= 11 is 3.19. The van der Waals surface area contributed by atoms with Gasteiger partial charge >= 0.3 is 0 Å². The highest BCUT2D eigenvalue weighted by atomic mass is 79.9. The van der Waals surface area contributed by atoms with Crippen molar-refractivity contribution in [1.82, 2.24) is 0 Å². The molecule has 0 bridgehead atoms. The van der Waals surface area contributed by atoms with Gasteiger partial charge in [-0.25, -0.2) is 0 Å². The number of hydrogen-bond donors (Lipinski definition) is 1. The summed E-state index contributed by atoms with van der Waals surface area (Å²) < 4.78 is 5.94. The third-order valence-electron chi connectivity index (χ3n) is 1.64. The average Bonchev–Trinajstić information content (AvgIpc) is 2.09. The van der Waals surface area contributed by atoms with Crippen LogP contribution in [0.1, 0.15) is 13.8 Å². The van der Waals surface area contributed by atoms with Crippen molar-refractivity contribution in [3.05, 3.63) is 26.7 Å². The van der Waals surface area contributed by atoms with E-state index < -0.39 is 4.92 Å². The lowest BCUT2D eigenvalue weighted by Gasteiger charge is -2.11. The summed E-state index contributed by atoms with van der Waals surface area (Å²) in [6, 6.07) is 2.79. The van der Waals surface area contributed by atoms with Gasteiger partial charge in [-0.1, -0.05) is 0 Å². The fourth-order valence-electron chi connectivity index (χ4n) is 1.06. The van der Waals surface area contributed by atoms with Crippen LogP contribution in [0.15, 0.2) is 16.6 Å². The maximum atomic E-state index is 10.6. The molecule has 1 rings (SSSR count). The van der Waals surface area contributed by atoms with Gasteiger partial charge in [-0.3, -0.25) is 10.1 Å². The lowest BCUT2D eigenvalue weighted by molar-refractivity contribution is -0.384. The second-order valence-electron chi connectivity index (χ2n) is 3.27. The molecule has 6 heteroatoms. The second kappa shape index (κ2) is 4.48. The molecule has 2 N–H and O–H groups in total. The lowest BCUT2D eigenvalue weighted by Crippen LogP contribution is -2.07. The molecule has 0 saturated heterocycles. The van der Waals surface area contributed by atoms with E-state index in [2.05, 4.69) is 15.9 Å². The molecule has 82 valence electrons. The van der Waals surface area contributed by atoms with Crippen molar-refractivity contribution in [2.75, 3.05) is 5.73 Å². The van der Waals surface area contributed by atoms with Crippen molar-refractivity contribution in [3.63, 3.8) is 0 Å². The number of nitrogens with zero attached hydrogens (tertiary/aromatic N) is 1. The molecule has 0 unspecified atom stereocenters. The first-order valence-electron chi connectivity index (χ1n) is 4.32. The predicted octanol–water partition coefficient (Wildman–Crippen LogP) is 2.73. The second-order valence-corrected chi connectivity index (χ2v) is 4.12. The highest BCUT2D eigenvalue weighted by molar-refractivity contribution is 9.10. The zero-order valence-electron chi connectivity index (χ0n) is 8.36. The Bertz CT molecular complexity index is 393. The van der Waals surface area contributed by atoms with Crippen LogP contribution in [0.3, 0.4) is 0 Å². The largest absolute Gasteiger partial charge is 0.490 e. The van der Waals surface area contributed by atoms with Gasteiger partial charge in [0.05, 0.1) is 15.5 Å². The Labute approximate surface area is 95.5 Å². The molecule has 0 aliphatic heterocycles. The Balaban J connectivity index is 3.13. The summed E-state index contributed by atoms with van der Waals surface area (Å²) in [7, 11) is 0. The molecule has 0 aromatic heterocycles. The van der Waals surface area contributed by atoms with Gasteiger partial charge in [-0.05, 0) is 29.8 Å². The predicted molar refractivity (Wildman–Crippen MR) is 61.0 cm³/mol. The first-order chi connectivity index (χ1) is 6.91. The topological polar surface area (TPSA) is 78.4 Å². The molecule has 1 aromatic rings. The summed E-state index contributed by atoms with van der Waals surface area (Å²) in [5.74, 6) is 0.508. The number of halogens is 1. The summed E-state index contributed by atoms with van der Waals surface area (Å²) in [5.41, 5.74) is 5.49. The average molecular weight is 275 g/mol. The van der Waals surface area contributed by atoms with Crippen LogP contribution in [0.2, 0.25) is 0 Å². The van der Waals surface area contributed by atoms with Gasteiger partial charge < -0.3 is 10.5 Å². The fourth-order valence-corrected chi connectivity index (χ4v) is 1.49. The minimum atomic E-state index is -0.529. The third kappa shape index (κ3) is 2.82. The van der Waals surface area contributed by atoms with Crippen LogP contribution in [-0.4, -0.2) is 11.0 Å². The molecular weight excluding hydrogens is 264 g/mol. The number of ether oxygens (including phenoxy) is 1. The van der Waals surface area contributed by atoms with Crippen LogP contribution in [0.5, 0.6) is 5.75 Å². The zero-order valence-corrected chi connectivity index (χ0v) is 9.95. The van der Waals surface area contributed by atoms with Crippen LogP contribution in [0.4, 0.5) is 11.4 Å². The Kier molecular flexibility index (Phi) is 3.52. The minimum Gasteiger partial charge on any atom is -0.490 e. The molecule has 0 atom stereocenters. The number of nitrogens with two attached hydrogens (primary N) is 1. The SMILES string of the molecule is CC(C)Oc1cc(N)c([N+](=O)[O-])cc1Br. The quantitative estimate of drug-likeness (QED) is 0.522. The Morgan fingerprint density at radius 1 is 1.53 bits per heavy atom. The van der Waals surface area contributed by atoms with E-state index in [0.29, 0.717) is 10.2 Å². The van der Waals surface area contributed by atoms with Gasteiger partial charge in [0.2, 0.25) is 0 Å². The van der Waals surface area contributed by atoms with E-state index in [1.54, 1.807) is 0 Å². The molecule has 0 aliphatic rings. The highest BCUT2D eigenvalue weighted by Gasteiger charge is 2.16. The molecule has 0 spiro atoms. The first-order valence-corrected chi connectivity index (χ1v) is 5.11. The maximum absolute atomic E-state index is 10.6. The van der Waals surface area contributed by atoms with E-state index in [9.17, 15) is 10.1 Å². The van der Waals surface area contributed by atoms with Gasteiger partial charge in [0.1, 0.15) is 11.4 Å². The van der Waals surface area contributed by atoms with Gasteiger partial charge in [-0.15, -0.1) is 0 Å². The molecular formula is C9H11BrN2O3. The molecule has 0 heterocycles. The van der Waals surface area contributed by atoms with Crippen LogP contribution in [-0.2, 0) is 0 Å². The summed E-state index contributed by atoms with van der Waals surface area (Å²) in [5, 5.41) is 10.6. The number of nitro groups is 1. The molecule has 0 fully saturated rings. The number of anilines is 1. The molecule has 5 nitrogen and oxygen atoms in total. The summed E-state index contributed by atoms with van der Waals surface area (Å²) in [6.45, 7) is 3.73. The van der Waals surface area contributed by atoms with E-state index in [1.165, 1.54) is 12.1 Å². The number of nitro benzene ring substituents is 1. The van der Waals surface area contributed by atoms with Crippen LogP contribution in [0.25, 0.3) is 0 Å². The van der Waals surface area contributed by atoms with E-state index in [0.717, 1.165) is 0 Å². The molecule has 0 amide bonds. The summed E-state index contributed by atoms with van der Waals surface area (Å²) in [4.78, 5) is 10.0. The van der Waals surface area contributed by atoms with E-state index in [-0.39, 0.29) is 17.5 Å². The molecule has 0 aliphatic carbocycles. The number of benzene rings is 1. The van der Waals surface area contributed by atoms with Crippen molar-refractivity contribution in [2.45, 2.75) is 20.0 Å². The van der Waals surface area contributed by atoms with Gasteiger partial charge in [0, 0.05) is 12.1 Å². The highest BCUT2D eigenvalue weighted by Crippen LogP contribution is 2.34. The molecule has 1 aromatic carbocycles. The fraction of sp³-hybridized carbons (Fsp3) is 0.333. The smallest absolute Gasteiger partial charge is 0.293 e. The standard InChI is InChI=1S/C9H11BrN2O3/c1-5(2)15-9-4-7(11)8(12(13)14)3-6(9)10/h3-5H,11H2,1-2H3. The van der Waals surface area contributed by atoms with Gasteiger partial charge in [0.15, 0.2) is 0 Å². The van der Waals surface area contributed by atoms with Crippen LogP contribution >= 0.6 is 15.9 Å². The van der Waals surface area contributed by atoms with Crippen molar-refractivity contribution in [2.24, 2.45) is 0 Å². The number of nitrogen functional groups attached to an aromatic ring is 1. The van der Waals surface area contributed by atoms with Gasteiger partial charge in [0.25, 0.3) is 5.69 Å². The van der Waals surface area contributed by atoms with Crippen molar-refractivity contribution in [3.8, 4) is 5.75 Å². The minimum absolute atomic E-state index is 0.0119. The number of rotatable bonds is 3. The van der Waals surface area contributed by atoms with Crippen LogP contribution < -0.4 is 10.5 Å².